The Kier molecular flexibility index (Phi) is 9.31. The van der Waals surface area contributed by atoms with Crippen molar-refractivity contribution in [1.29, 1.82) is 0 Å². The Balaban J connectivity index is 1.63. The van der Waals surface area contributed by atoms with Crippen LogP contribution in [0.1, 0.15) is 13.3 Å². The first-order valence-corrected chi connectivity index (χ1v) is 10.8. The lowest BCUT2D eigenvalue weighted by Crippen LogP contribution is -2.18. The summed E-state index contributed by atoms with van der Waals surface area (Å²) in [7, 11) is 1.60. The summed E-state index contributed by atoms with van der Waals surface area (Å²) >= 11 is 0. The van der Waals surface area contributed by atoms with Crippen molar-refractivity contribution in [3.63, 3.8) is 0 Å². The molecule has 3 rings (SSSR count). The third kappa shape index (κ3) is 8.23. The number of halogens is 1. The highest BCUT2D eigenvalue weighted by atomic mass is 19.1. The summed E-state index contributed by atoms with van der Waals surface area (Å²) in [6.07, 6.45) is 0.645. The van der Waals surface area contributed by atoms with E-state index < -0.39 is 24.1 Å². The Labute approximate surface area is 201 Å². The van der Waals surface area contributed by atoms with Gasteiger partial charge in [0.15, 0.2) is 11.6 Å². The van der Waals surface area contributed by atoms with Gasteiger partial charge in [-0.25, -0.2) is 9.37 Å². The zero-order chi connectivity index (χ0) is 25.0. The molecule has 1 heterocycles. The van der Waals surface area contributed by atoms with E-state index in [1.54, 1.807) is 62.6 Å². The summed E-state index contributed by atoms with van der Waals surface area (Å²) in [5.74, 6) is -0.984. The first-order chi connectivity index (χ1) is 17.0. The van der Waals surface area contributed by atoms with Gasteiger partial charge in [-0.2, -0.15) is 4.98 Å². The molecule has 1 amide bonds. The van der Waals surface area contributed by atoms with Gasteiger partial charge in [0.25, 0.3) is 0 Å². The van der Waals surface area contributed by atoms with E-state index in [-0.39, 0.29) is 18.4 Å². The van der Waals surface area contributed by atoms with Crippen molar-refractivity contribution in [2.24, 2.45) is 0 Å². The molecule has 35 heavy (non-hydrogen) atoms. The number of methoxy groups -OCH3 is 1. The lowest BCUT2D eigenvalue weighted by atomic mass is 10.2. The quantitative estimate of drug-likeness (QED) is 0.199. The summed E-state index contributed by atoms with van der Waals surface area (Å²) in [5, 5.41) is 8.48. The van der Waals surface area contributed by atoms with Crippen molar-refractivity contribution < 1.29 is 28.2 Å². The first-order valence-electron chi connectivity index (χ1n) is 10.8. The molecule has 0 radical (unpaired) electrons. The molecule has 0 aliphatic heterocycles. The second-order valence-corrected chi connectivity index (χ2v) is 7.12. The smallest absolute Gasteiger partial charge is 0.315 e. The van der Waals surface area contributed by atoms with Gasteiger partial charge >= 0.3 is 5.97 Å². The van der Waals surface area contributed by atoms with E-state index in [1.165, 1.54) is 0 Å². The third-order valence-electron chi connectivity index (χ3n) is 4.43. The predicted molar refractivity (Wildman–Crippen MR) is 129 cm³/mol. The van der Waals surface area contributed by atoms with Gasteiger partial charge in [0.2, 0.25) is 11.9 Å². The molecule has 3 aromatic rings. The predicted octanol–water partition coefficient (Wildman–Crippen LogP) is 4.02. The Morgan fingerprint density at radius 3 is 2.51 bits per heavy atom. The molecule has 1 aromatic heterocycles. The number of carbonyl (C=O) groups excluding carboxylic acids is 2. The third-order valence-corrected chi connectivity index (χ3v) is 4.43. The van der Waals surface area contributed by atoms with Crippen LogP contribution in [-0.4, -0.2) is 48.8 Å². The van der Waals surface area contributed by atoms with E-state index in [1.807, 2.05) is 0 Å². The molecule has 3 N–H and O–H groups in total. The van der Waals surface area contributed by atoms with Gasteiger partial charge in [-0.15, -0.1) is 0 Å². The minimum absolute atomic E-state index is 0.0583. The highest BCUT2D eigenvalue weighted by Gasteiger charge is 2.12. The van der Waals surface area contributed by atoms with E-state index in [0.717, 1.165) is 6.20 Å². The van der Waals surface area contributed by atoms with E-state index >= 15 is 0 Å². The van der Waals surface area contributed by atoms with Gasteiger partial charge in [-0.1, -0.05) is 6.07 Å². The van der Waals surface area contributed by atoms with Crippen LogP contribution in [0.4, 0.5) is 33.2 Å². The lowest BCUT2D eigenvalue weighted by molar-refractivity contribution is -0.145. The number of amides is 1. The molecular formula is C24H26FN5O5. The maximum atomic E-state index is 14.4. The molecule has 11 heteroatoms. The minimum Gasteiger partial charge on any atom is -0.491 e. The average molecular weight is 484 g/mol. The van der Waals surface area contributed by atoms with Gasteiger partial charge < -0.3 is 30.2 Å². The molecule has 0 bridgehead atoms. The van der Waals surface area contributed by atoms with Crippen molar-refractivity contribution in [2.75, 3.05) is 42.9 Å². The van der Waals surface area contributed by atoms with Crippen LogP contribution in [0.25, 0.3) is 0 Å². The van der Waals surface area contributed by atoms with Crippen molar-refractivity contribution in [1.82, 2.24) is 9.97 Å². The van der Waals surface area contributed by atoms with Gasteiger partial charge in [0, 0.05) is 24.2 Å². The van der Waals surface area contributed by atoms with Gasteiger partial charge in [-0.3, -0.25) is 9.59 Å². The van der Waals surface area contributed by atoms with Crippen LogP contribution in [0.2, 0.25) is 0 Å². The Morgan fingerprint density at radius 1 is 1.00 bits per heavy atom. The Bertz CT molecular complexity index is 1140. The number of ether oxygens (including phenoxy) is 3. The lowest BCUT2D eigenvalue weighted by Gasteiger charge is -2.11. The topological polar surface area (TPSA) is 124 Å². The van der Waals surface area contributed by atoms with Crippen LogP contribution in [0.15, 0.2) is 54.7 Å². The molecular weight excluding hydrogens is 457 g/mol. The van der Waals surface area contributed by atoms with Crippen LogP contribution in [-0.2, 0) is 19.1 Å². The minimum atomic E-state index is -0.658. The molecule has 0 spiro atoms. The van der Waals surface area contributed by atoms with Crippen molar-refractivity contribution in [3.05, 3.63) is 60.5 Å². The zero-order valence-electron chi connectivity index (χ0n) is 19.3. The summed E-state index contributed by atoms with van der Waals surface area (Å²) in [4.78, 5) is 31.6. The zero-order valence-corrected chi connectivity index (χ0v) is 19.3. The monoisotopic (exact) mass is 483 g/mol. The average Bonchev–Trinajstić information content (AvgIpc) is 2.83. The fraction of sp³-hybridized carbons (Fsp3) is 0.250. The summed E-state index contributed by atoms with van der Waals surface area (Å²) in [6, 6.07) is 13.7. The number of hydrogen-bond donors (Lipinski definition) is 3. The number of esters is 1. The van der Waals surface area contributed by atoms with Crippen molar-refractivity contribution in [3.8, 4) is 5.75 Å². The fourth-order valence-electron chi connectivity index (χ4n) is 2.88. The molecule has 0 saturated carbocycles. The molecule has 0 aliphatic carbocycles. The van der Waals surface area contributed by atoms with Crippen LogP contribution < -0.4 is 20.7 Å². The van der Waals surface area contributed by atoms with E-state index in [2.05, 4.69) is 25.9 Å². The number of nitrogens with zero attached hydrogens (tertiary/aromatic N) is 2. The van der Waals surface area contributed by atoms with Crippen molar-refractivity contribution >= 4 is 40.7 Å². The molecule has 10 nitrogen and oxygen atoms in total. The summed E-state index contributed by atoms with van der Waals surface area (Å²) in [6.45, 7) is 2.79. The maximum absolute atomic E-state index is 14.4. The molecule has 0 aliphatic rings. The second kappa shape index (κ2) is 12.8. The molecule has 0 atom stereocenters. The Hall–Kier alpha value is -4.25. The standard InChI is InChI=1S/C24H26FN5O5/c1-3-34-22(32)14-21(31)27-17-5-4-6-18(13-17)28-23-20(25)15-26-24(30-23)29-16-7-9-19(10-8-16)35-12-11-33-2/h4-10,13,15H,3,11-12,14H2,1-2H3,(H,27,31)(H2,26,28,29,30). The molecule has 0 unspecified atom stereocenters. The highest BCUT2D eigenvalue weighted by molar-refractivity contribution is 6.02. The summed E-state index contributed by atoms with van der Waals surface area (Å²) in [5.41, 5.74) is 1.58. The molecule has 184 valence electrons. The van der Waals surface area contributed by atoms with Crippen LogP contribution in [0.5, 0.6) is 5.75 Å². The maximum Gasteiger partial charge on any atom is 0.315 e. The van der Waals surface area contributed by atoms with E-state index in [9.17, 15) is 14.0 Å². The van der Waals surface area contributed by atoms with Gasteiger partial charge in [-0.05, 0) is 49.4 Å². The molecule has 0 fully saturated rings. The normalized spacial score (nSPS) is 10.4. The number of rotatable bonds is 12. The number of carbonyl (C=O) groups is 2. The SMILES string of the molecule is CCOC(=O)CC(=O)Nc1cccc(Nc2nc(Nc3ccc(OCCOC)cc3)ncc2F)c1. The number of anilines is 5. The molecule has 2 aromatic carbocycles. The fourth-order valence-corrected chi connectivity index (χ4v) is 2.88. The number of nitrogens with one attached hydrogen (secondary N) is 3. The first kappa shape index (κ1) is 25.4. The summed E-state index contributed by atoms with van der Waals surface area (Å²) < 4.78 is 29.6. The van der Waals surface area contributed by atoms with E-state index in [4.69, 9.17) is 14.2 Å². The second-order valence-electron chi connectivity index (χ2n) is 7.12. The van der Waals surface area contributed by atoms with Gasteiger partial charge in [0.05, 0.1) is 19.4 Å². The Morgan fingerprint density at radius 2 is 1.77 bits per heavy atom. The number of aromatic nitrogens is 2. The number of benzene rings is 2. The van der Waals surface area contributed by atoms with Crippen LogP contribution in [0, 0.1) is 5.82 Å². The number of hydrogen-bond acceptors (Lipinski definition) is 9. The van der Waals surface area contributed by atoms with E-state index in [0.29, 0.717) is 36.0 Å². The van der Waals surface area contributed by atoms with Crippen LogP contribution >= 0.6 is 0 Å². The molecule has 0 saturated heterocycles. The van der Waals surface area contributed by atoms with Crippen LogP contribution in [0.3, 0.4) is 0 Å². The largest absolute Gasteiger partial charge is 0.491 e. The highest BCUT2D eigenvalue weighted by Crippen LogP contribution is 2.23. The van der Waals surface area contributed by atoms with Gasteiger partial charge in [0.1, 0.15) is 18.8 Å². The van der Waals surface area contributed by atoms with Crippen molar-refractivity contribution in [2.45, 2.75) is 13.3 Å².